The van der Waals surface area contributed by atoms with Crippen molar-refractivity contribution >= 4 is 11.8 Å². The SMILES string of the molecule is C[C@H](N)c1cccnc1Sc1ncco1. The number of oxazole rings is 1. The fourth-order valence-electron chi connectivity index (χ4n) is 1.18. The molecule has 15 heavy (non-hydrogen) atoms. The molecule has 5 heteroatoms. The average molecular weight is 221 g/mol. The Morgan fingerprint density at radius 3 is 2.93 bits per heavy atom. The number of hydrogen-bond acceptors (Lipinski definition) is 5. The quantitative estimate of drug-likeness (QED) is 0.861. The molecule has 2 N–H and O–H groups in total. The van der Waals surface area contributed by atoms with Gasteiger partial charge in [-0.15, -0.1) is 0 Å². The smallest absolute Gasteiger partial charge is 0.261 e. The number of nitrogens with zero attached hydrogens (tertiary/aromatic N) is 2. The molecule has 4 nitrogen and oxygen atoms in total. The molecule has 1 atom stereocenters. The Morgan fingerprint density at radius 1 is 1.40 bits per heavy atom. The number of aromatic nitrogens is 2. The highest BCUT2D eigenvalue weighted by atomic mass is 32.2. The van der Waals surface area contributed by atoms with E-state index < -0.39 is 0 Å². The summed E-state index contributed by atoms with van der Waals surface area (Å²) in [4.78, 5) is 8.29. The predicted molar refractivity (Wildman–Crippen MR) is 57.5 cm³/mol. The van der Waals surface area contributed by atoms with Crippen molar-refractivity contribution in [2.45, 2.75) is 23.2 Å². The second-order valence-corrected chi connectivity index (χ2v) is 4.03. The lowest BCUT2D eigenvalue weighted by molar-refractivity contribution is 0.453. The minimum atomic E-state index is -0.0452. The second-order valence-electron chi connectivity index (χ2n) is 3.09. The summed E-state index contributed by atoms with van der Waals surface area (Å²) in [5, 5.41) is 1.42. The summed E-state index contributed by atoms with van der Waals surface area (Å²) in [6.45, 7) is 1.93. The van der Waals surface area contributed by atoms with Crippen LogP contribution in [0.1, 0.15) is 18.5 Å². The molecular weight excluding hydrogens is 210 g/mol. The van der Waals surface area contributed by atoms with Crippen LogP contribution in [0.4, 0.5) is 0 Å². The molecule has 0 amide bonds. The van der Waals surface area contributed by atoms with Gasteiger partial charge in [0.1, 0.15) is 11.3 Å². The summed E-state index contributed by atoms with van der Waals surface area (Å²) >= 11 is 1.38. The van der Waals surface area contributed by atoms with Gasteiger partial charge in [0, 0.05) is 17.8 Å². The van der Waals surface area contributed by atoms with Gasteiger partial charge in [-0.25, -0.2) is 9.97 Å². The number of rotatable bonds is 3. The van der Waals surface area contributed by atoms with Crippen molar-refractivity contribution in [3.63, 3.8) is 0 Å². The molecule has 78 valence electrons. The summed E-state index contributed by atoms with van der Waals surface area (Å²) in [6.07, 6.45) is 4.88. The van der Waals surface area contributed by atoms with E-state index in [0.29, 0.717) is 5.22 Å². The normalized spacial score (nSPS) is 12.7. The Morgan fingerprint density at radius 2 is 2.27 bits per heavy atom. The molecule has 2 heterocycles. The van der Waals surface area contributed by atoms with Crippen molar-refractivity contribution in [2.24, 2.45) is 5.73 Å². The standard InChI is InChI=1S/C10H11N3OS/c1-7(11)8-3-2-4-12-9(8)15-10-13-5-6-14-10/h2-7H,11H2,1H3/t7-/m0/s1. The Labute approximate surface area is 91.9 Å². The van der Waals surface area contributed by atoms with E-state index >= 15 is 0 Å². The average Bonchev–Trinajstić information content (AvgIpc) is 2.71. The lowest BCUT2D eigenvalue weighted by Crippen LogP contribution is -2.07. The summed E-state index contributed by atoms with van der Waals surface area (Å²) in [5.74, 6) is 0. The second kappa shape index (κ2) is 4.46. The largest absolute Gasteiger partial charge is 0.440 e. The van der Waals surface area contributed by atoms with Crippen LogP contribution in [-0.4, -0.2) is 9.97 Å². The minimum absolute atomic E-state index is 0.0452. The molecule has 0 aliphatic carbocycles. The molecule has 0 aromatic carbocycles. The Hall–Kier alpha value is -1.33. The molecule has 2 rings (SSSR count). The molecule has 0 radical (unpaired) electrons. The van der Waals surface area contributed by atoms with Crippen molar-refractivity contribution in [1.82, 2.24) is 9.97 Å². The molecule has 2 aromatic rings. The summed E-state index contributed by atoms with van der Waals surface area (Å²) in [5.41, 5.74) is 6.84. The molecule has 0 spiro atoms. The van der Waals surface area contributed by atoms with Crippen LogP contribution in [0.3, 0.4) is 0 Å². The van der Waals surface area contributed by atoms with E-state index in [1.54, 1.807) is 12.4 Å². The molecule has 0 saturated carbocycles. The third-order valence-corrected chi connectivity index (χ3v) is 2.80. The molecule has 0 aliphatic heterocycles. The van der Waals surface area contributed by atoms with Gasteiger partial charge in [0.25, 0.3) is 5.22 Å². The van der Waals surface area contributed by atoms with Crippen LogP contribution < -0.4 is 5.73 Å². The van der Waals surface area contributed by atoms with Crippen molar-refractivity contribution in [3.05, 3.63) is 36.4 Å². The maximum absolute atomic E-state index is 5.84. The van der Waals surface area contributed by atoms with Gasteiger partial charge < -0.3 is 10.2 Å². The van der Waals surface area contributed by atoms with E-state index in [1.165, 1.54) is 18.0 Å². The van der Waals surface area contributed by atoms with Gasteiger partial charge in [-0.1, -0.05) is 6.07 Å². The molecule has 2 aromatic heterocycles. The third-order valence-electron chi connectivity index (χ3n) is 1.88. The van der Waals surface area contributed by atoms with E-state index in [9.17, 15) is 0 Å². The predicted octanol–water partition coefficient (Wildman–Crippen LogP) is 2.24. The van der Waals surface area contributed by atoms with Crippen LogP contribution in [0, 0.1) is 0 Å². The van der Waals surface area contributed by atoms with Crippen molar-refractivity contribution in [3.8, 4) is 0 Å². The third kappa shape index (κ3) is 2.37. The van der Waals surface area contributed by atoms with Crippen molar-refractivity contribution in [2.75, 3.05) is 0 Å². The van der Waals surface area contributed by atoms with Crippen LogP contribution in [0.15, 0.2) is 45.5 Å². The monoisotopic (exact) mass is 221 g/mol. The molecule has 0 aliphatic rings. The van der Waals surface area contributed by atoms with Crippen LogP contribution in [0.5, 0.6) is 0 Å². The molecule has 0 unspecified atom stereocenters. The van der Waals surface area contributed by atoms with E-state index in [-0.39, 0.29) is 6.04 Å². The van der Waals surface area contributed by atoms with Gasteiger partial charge in [0.2, 0.25) is 0 Å². The molecular formula is C10H11N3OS. The van der Waals surface area contributed by atoms with E-state index in [1.807, 2.05) is 19.1 Å². The maximum Gasteiger partial charge on any atom is 0.261 e. The van der Waals surface area contributed by atoms with Gasteiger partial charge in [0.05, 0.1) is 6.20 Å². The first-order valence-electron chi connectivity index (χ1n) is 4.55. The van der Waals surface area contributed by atoms with E-state index in [0.717, 1.165) is 10.6 Å². The van der Waals surface area contributed by atoms with E-state index in [4.69, 9.17) is 10.2 Å². The first-order valence-corrected chi connectivity index (χ1v) is 5.37. The Bertz CT molecular complexity index is 428. The Balaban J connectivity index is 2.28. The summed E-state index contributed by atoms with van der Waals surface area (Å²) < 4.78 is 5.14. The van der Waals surface area contributed by atoms with Gasteiger partial charge >= 0.3 is 0 Å². The first-order chi connectivity index (χ1) is 7.27. The lowest BCUT2D eigenvalue weighted by atomic mass is 10.2. The molecule has 0 bridgehead atoms. The highest BCUT2D eigenvalue weighted by molar-refractivity contribution is 7.99. The van der Waals surface area contributed by atoms with Gasteiger partial charge in [0.15, 0.2) is 0 Å². The van der Waals surface area contributed by atoms with Gasteiger partial charge in [-0.2, -0.15) is 0 Å². The van der Waals surface area contributed by atoms with Crippen molar-refractivity contribution < 1.29 is 4.42 Å². The minimum Gasteiger partial charge on any atom is -0.440 e. The van der Waals surface area contributed by atoms with Gasteiger partial charge in [-0.3, -0.25) is 0 Å². The lowest BCUT2D eigenvalue weighted by Gasteiger charge is -2.08. The van der Waals surface area contributed by atoms with E-state index in [2.05, 4.69) is 9.97 Å². The Kier molecular flexibility index (Phi) is 3.03. The summed E-state index contributed by atoms with van der Waals surface area (Å²) in [6, 6.07) is 3.79. The van der Waals surface area contributed by atoms with Gasteiger partial charge in [-0.05, 0) is 24.8 Å². The van der Waals surface area contributed by atoms with Crippen LogP contribution in [0.2, 0.25) is 0 Å². The van der Waals surface area contributed by atoms with Crippen molar-refractivity contribution in [1.29, 1.82) is 0 Å². The van der Waals surface area contributed by atoms with Crippen LogP contribution >= 0.6 is 11.8 Å². The fraction of sp³-hybridized carbons (Fsp3) is 0.200. The highest BCUT2D eigenvalue weighted by Crippen LogP contribution is 2.29. The molecule has 0 fully saturated rings. The number of pyridine rings is 1. The number of hydrogen-bond donors (Lipinski definition) is 1. The highest BCUT2D eigenvalue weighted by Gasteiger charge is 2.10. The van der Waals surface area contributed by atoms with Crippen LogP contribution in [0.25, 0.3) is 0 Å². The first kappa shape index (κ1) is 10.2. The maximum atomic E-state index is 5.84. The zero-order valence-corrected chi connectivity index (χ0v) is 9.07. The topological polar surface area (TPSA) is 64.9 Å². The van der Waals surface area contributed by atoms with Crippen LogP contribution in [-0.2, 0) is 0 Å². The fourth-order valence-corrected chi connectivity index (χ4v) is 2.05. The zero-order valence-electron chi connectivity index (χ0n) is 8.25. The molecule has 0 saturated heterocycles. The summed E-state index contributed by atoms with van der Waals surface area (Å²) in [7, 11) is 0. The zero-order chi connectivity index (χ0) is 10.7. The number of nitrogens with two attached hydrogens (primary N) is 1.